The Morgan fingerprint density at radius 1 is 1.28 bits per heavy atom. The summed E-state index contributed by atoms with van der Waals surface area (Å²) in [5, 5.41) is 6.62. The van der Waals surface area contributed by atoms with Gasteiger partial charge in [0.2, 0.25) is 10.0 Å². The van der Waals surface area contributed by atoms with Crippen molar-refractivity contribution in [1.82, 2.24) is 29.8 Å². The number of piperidine rings is 1. The molecule has 2 N–H and O–H groups in total. The summed E-state index contributed by atoms with van der Waals surface area (Å²) < 4.78 is 27.9. The van der Waals surface area contributed by atoms with Gasteiger partial charge in [-0.15, -0.1) is 0 Å². The van der Waals surface area contributed by atoms with E-state index in [1.807, 2.05) is 0 Å². The molecular formula is C15H20N6O3S. The van der Waals surface area contributed by atoms with Crippen LogP contribution in [-0.4, -0.2) is 58.5 Å². The van der Waals surface area contributed by atoms with Crippen LogP contribution < -0.4 is 4.72 Å². The maximum Gasteiger partial charge on any atom is 0.274 e. The number of hydrogen-bond donors (Lipinski definition) is 2. The number of carbonyl (C=O) groups is 1. The average molecular weight is 364 g/mol. The van der Waals surface area contributed by atoms with E-state index in [4.69, 9.17) is 0 Å². The van der Waals surface area contributed by atoms with E-state index in [0.717, 1.165) is 0 Å². The number of aryl methyl sites for hydroxylation is 2. The molecule has 1 amide bonds. The Balaban J connectivity index is 1.62. The Hall–Kier alpha value is -2.33. The predicted octanol–water partition coefficient (Wildman–Crippen LogP) is 0.400. The number of aromatic nitrogens is 4. The fourth-order valence-electron chi connectivity index (χ4n) is 2.99. The van der Waals surface area contributed by atoms with E-state index in [1.54, 1.807) is 18.7 Å². The van der Waals surface area contributed by atoms with Crippen LogP contribution in [0.5, 0.6) is 0 Å². The van der Waals surface area contributed by atoms with Gasteiger partial charge in [0.1, 0.15) is 10.6 Å². The highest BCUT2D eigenvalue weighted by molar-refractivity contribution is 7.89. The van der Waals surface area contributed by atoms with Crippen LogP contribution in [0.15, 0.2) is 23.5 Å². The van der Waals surface area contributed by atoms with Gasteiger partial charge in [-0.3, -0.25) is 14.9 Å². The lowest BCUT2D eigenvalue weighted by molar-refractivity contribution is 0.0705. The number of sulfonamides is 1. The van der Waals surface area contributed by atoms with Gasteiger partial charge in [0.15, 0.2) is 0 Å². The number of rotatable bonds is 4. The lowest BCUT2D eigenvalue weighted by atomic mass is 10.1. The molecule has 0 spiro atoms. The van der Waals surface area contributed by atoms with Crippen LogP contribution in [0, 0.1) is 13.8 Å². The second kappa shape index (κ2) is 6.89. The molecule has 0 bridgehead atoms. The highest BCUT2D eigenvalue weighted by atomic mass is 32.2. The van der Waals surface area contributed by atoms with Gasteiger partial charge in [-0.1, -0.05) is 0 Å². The van der Waals surface area contributed by atoms with Crippen LogP contribution in [-0.2, 0) is 10.0 Å². The van der Waals surface area contributed by atoms with E-state index in [-0.39, 0.29) is 16.8 Å². The molecule has 2 aromatic rings. The van der Waals surface area contributed by atoms with Gasteiger partial charge >= 0.3 is 0 Å². The molecule has 1 aliphatic heterocycles. The van der Waals surface area contributed by atoms with Crippen molar-refractivity contribution in [3.8, 4) is 0 Å². The molecule has 0 unspecified atom stereocenters. The molecule has 3 heterocycles. The molecular weight excluding hydrogens is 344 g/mol. The normalized spacial score (nSPS) is 16.2. The van der Waals surface area contributed by atoms with Gasteiger partial charge in [-0.05, 0) is 26.7 Å². The Kier molecular flexibility index (Phi) is 4.82. The molecule has 1 fully saturated rings. The minimum Gasteiger partial charge on any atom is -0.337 e. The van der Waals surface area contributed by atoms with E-state index in [2.05, 4.69) is 24.9 Å². The zero-order valence-electron chi connectivity index (χ0n) is 14.1. The molecule has 1 saturated heterocycles. The Morgan fingerprint density at radius 2 is 2.00 bits per heavy atom. The minimum atomic E-state index is -3.64. The van der Waals surface area contributed by atoms with Crippen molar-refractivity contribution >= 4 is 15.9 Å². The summed E-state index contributed by atoms with van der Waals surface area (Å²) in [5.74, 6) is -0.184. The summed E-state index contributed by atoms with van der Waals surface area (Å²) in [6.07, 6.45) is 5.51. The molecule has 0 aromatic carbocycles. The molecule has 9 nitrogen and oxygen atoms in total. The van der Waals surface area contributed by atoms with Crippen molar-refractivity contribution in [3.63, 3.8) is 0 Å². The summed E-state index contributed by atoms with van der Waals surface area (Å²) in [7, 11) is -3.64. The van der Waals surface area contributed by atoms with Crippen LogP contribution >= 0.6 is 0 Å². The molecule has 3 rings (SSSR count). The van der Waals surface area contributed by atoms with Crippen molar-refractivity contribution in [3.05, 3.63) is 35.7 Å². The number of hydrogen-bond acceptors (Lipinski definition) is 6. The van der Waals surface area contributed by atoms with E-state index in [0.29, 0.717) is 43.0 Å². The molecule has 0 aliphatic carbocycles. The quantitative estimate of drug-likeness (QED) is 0.810. The Morgan fingerprint density at radius 3 is 2.56 bits per heavy atom. The molecule has 0 radical (unpaired) electrons. The Bertz CT molecular complexity index is 837. The standard InChI is InChI=1S/C15H20N6O3S/c1-10-14(11(2)19-18-10)25(23,24)20-12-3-7-21(8-4-12)15(22)13-9-16-5-6-17-13/h5-6,9,12,20H,3-4,7-8H2,1-2H3,(H,18,19). The van der Waals surface area contributed by atoms with Gasteiger partial charge in [0, 0.05) is 31.5 Å². The minimum absolute atomic E-state index is 0.184. The van der Waals surface area contributed by atoms with E-state index < -0.39 is 10.0 Å². The third-order valence-corrected chi connectivity index (χ3v) is 6.00. The average Bonchev–Trinajstić information content (AvgIpc) is 2.95. The number of likely N-dealkylation sites (tertiary alicyclic amines) is 1. The molecule has 0 saturated carbocycles. The summed E-state index contributed by atoms with van der Waals surface area (Å²) >= 11 is 0. The predicted molar refractivity (Wildman–Crippen MR) is 89.3 cm³/mol. The van der Waals surface area contributed by atoms with Crippen LogP contribution in [0.25, 0.3) is 0 Å². The van der Waals surface area contributed by atoms with Crippen molar-refractivity contribution in [2.75, 3.05) is 13.1 Å². The highest BCUT2D eigenvalue weighted by Gasteiger charge is 2.29. The molecule has 10 heteroatoms. The summed E-state index contributed by atoms with van der Waals surface area (Å²) in [4.78, 5) is 22.1. The molecule has 0 atom stereocenters. The van der Waals surface area contributed by atoms with E-state index >= 15 is 0 Å². The number of nitrogens with one attached hydrogen (secondary N) is 2. The monoisotopic (exact) mass is 364 g/mol. The number of amides is 1. The van der Waals surface area contributed by atoms with Crippen molar-refractivity contribution < 1.29 is 13.2 Å². The van der Waals surface area contributed by atoms with E-state index in [9.17, 15) is 13.2 Å². The zero-order valence-corrected chi connectivity index (χ0v) is 14.9. The number of H-pyrrole nitrogens is 1. The first-order valence-corrected chi connectivity index (χ1v) is 9.46. The number of nitrogens with zero attached hydrogens (tertiary/aromatic N) is 4. The Labute approximate surface area is 145 Å². The zero-order chi connectivity index (χ0) is 18.0. The molecule has 134 valence electrons. The lowest BCUT2D eigenvalue weighted by Gasteiger charge is -2.32. The highest BCUT2D eigenvalue weighted by Crippen LogP contribution is 2.19. The van der Waals surface area contributed by atoms with Gasteiger partial charge in [-0.2, -0.15) is 5.10 Å². The first-order chi connectivity index (χ1) is 11.9. The molecule has 1 aliphatic rings. The molecule has 2 aromatic heterocycles. The topological polar surface area (TPSA) is 121 Å². The fourth-order valence-corrected chi connectivity index (χ4v) is 4.66. The van der Waals surface area contributed by atoms with Crippen LogP contribution in [0.4, 0.5) is 0 Å². The van der Waals surface area contributed by atoms with Gasteiger partial charge in [-0.25, -0.2) is 18.1 Å². The largest absolute Gasteiger partial charge is 0.337 e. The maximum atomic E-state index is 12.6. The van der Waals surface area contributed by atoms with E-state index in [1.165, 1.54) is 18.6 Å². The smallest absolute Gasteiger partial charge is 0.274 e. The van der Waals surface area contributed by atoms with Crippen LogP contribution in [0.2, 0.25) is 0 Å². The number of carbonyl (C=O) groups excluding carboxylic acids is 1. The lowest BCUT2D eigenvalue weighted by Crippen LogP contribution is -2.46. The maximum absolute atomic E-state index is 12.6. The molecule has 25 heavy (non-hydrogen) atoms. The van der Waals surface area contributed by atoms with Crippen molar-refractivity contribution in [1.29, 1.82) is 0 Å². The van der Waals surface area contributed by atoms with Crippen LogP contribution in [0.3, 0.4) is 0 Å². The van der Waals surface area contributed by atoms with Gasteiger partial charge in [0.05, 0.1) is 17.6 Å². The van der Waals surface area contributed by atoms with Gasteiger partial charge < -0.3 is 4.90 Å². The van der Waals surface area contributed by atoms with Gasteiger partial charge in [0.25, 0.3) is 5.91 Å². The first-order valence-electron chi connectivity index (χ1n) is 7.97. The van der Waals surface area contributed by atoms with Crippen molar-refractivity contribution in [2.45, 2.75) is 37.6 Å². The summed E-state index contributed by atoms with van der Waals surface area (Å²) in [6, 6.07) is -0.218. The van der Waals surface area contributed by atoms with Crippen LogP contribution in [0.1, 0.15) is 34.7 Å². The SMILES string of the molecule is Cc1n[nH]c(C)c1S(=O)(=O)NC1CCN(C(=O)c2cnccn2)CC1. The summed E-state index contributed by atoms with van der Waals surface area (Å²) in [6.45, 7) is 4.26. The second-order valence-corrected chi connectivity index (χ2v) is 7.69. The number of aromatic amines is 1. The summed E-state index contributed by atoms with van der Waals surface area (Å²) in [5.41, 5.74) is 1.26. The second-order valence-electron chi connectivity index (χ2n) is 6.04. The first kappa shape index (κ1) is 17.5. The third kappa shape index (κ3) is 3.69. The third-order valence-electron chi connectivity index (χ3n) is 4.22. The fraction of sp³-hybridized carbons (Fsp3) is 0.467. The van der Waals surface area contributed by atoms with Crippen molar-refractivity contribution in [2.24, 2.45) is 0 Å².